The Bertz CT molecular complexity index is 388. The Morgan fingerprint density at radius 1 is 1.47 bits per heavy atom. The van der Waals surface area contributed by atoms with E-state index in [1.165, 1.54) is 12.1 Å². The molecule has 0 heterocycles. The van der Waals surface area contributed by atoms with E-state index in [1.54, 1.807) is 13.0 Å². The summed E-state index contributed by atoms with van der Waals surface area (Å²) < 4.78 is 5.43. The summed E-state index contributed by atoms with van der Waals surface area (Å²) >= 11 is 11.7. The predicted molar refractivity (Wildman–Crippen MR) is 62.1 cm³/mol. The zero-order valence-corrected chi connectivity index (χ0v) is 9.68. The zero-order valence-electron chi connectivity index (χ0n) is 8.17. The van der Waals surface area contributed by atoms with Crippen molar-refractivity contribution in [1.82, 2.24) is 0 Å². The van der Waals surface area contributed by atoms with Crippen LogP contribution >= 0.6 is 23.2 Å². The SMILES string of the molecule is C=CC(C)Oc1c(Cl)cc(Cl)cc1C=O. The van der Waals surface area contributed by atoms with Gasteiger partial charge in [-0.3, -0.25) is 4.79 Å². The standard InChI is InChI=1S/C11H10Cl2O2/c1-3-7(2)15-11-8(6-14)4-9(12)5-10(11)13/h3-7H,1H2,2H3. The van der Waals surface area contributed by atoms with Crippen LogP contribution in [0.2, 0.25) is 10.0 Å². The van der Waals surface area contributed by atoms with Crippen LogP contribution in [-0.4, -0.2) is 12.4 Å². The second kappa shape index (κ2) is 5.19. The Morgan fingerprint density at radius 2 is 2.13 bits per heavy atom. The van der Waals surface area contributed by atoms with E-state index in [9.17, 15) is 4.79 Å². The summed E-state index contributed by atoms with van der Waals surface area (Å²) in [6, 6.07) is 3.03. The van der Waals surface area contributed by atoms with Gasteiger partial charge in [0, 0.05) is 5.02 Å². The Kier molecular flexibility index (Phi) is 4.18. The summed E-state index contributed by atoms with van der Waals surface area (Å²) in [6.45, 7) is 5.38. The molecule has 0 saturated carbocycles. The number of aldehydes is 1. The third kappa shape index (κ3) is 2.98. The minimum atomic E-state index is -0.220. The number of hydrogen-bond donors (Lipinski definition) is 0. The average molecular weight is 245 g/mol. The predicted octanol–water partition coefficient (Wildman–Crippen LogP) is 3.76. The van der Waals surface area contributed by atoms with Crippen molar-refractivity contribution < 1.29 is 9.53 Å². The highest BCUT2D eigenvalue weighted by Crippen LogP contribution is 2.32. The van der Waals surface area contributed by atoms with Gasteiger partial charge in [-0.25, -0.2) is 0 Å². The normalized spacial score (nSPS) is 11.9. The van der Waals surface area contributed by atoms with E-state index >= 15 is 0 Å². The molecular formula is C11H10Cl2O2. The molecule has 0 N–H and O–H groups in total. The minimum Gasteiger partial charge on any atom is -0.484 e. The molecule has 1 aromatic carbocycles. The summed E-state index contributed by atoms with van der Waals surface area (Å²) in [5.41, 5.74) is 0.334. The van der Waals surface area contributed by atoms with Crippen LogP contribution in [0.25, 0.3) is 0 Å². The second-order valence-corrected chi connectivity index (χ2v) is 3.83. The van der Waals surface area contributed by atoms with E-state index in [2.05, 4.69) is 6.58 Å². The molecule has 0 amide bonds. The number of ether oxygens (including phenoxy) is 1. The lowest BCUT2D eigenvalue weighted by Crippen LogP contribution is -2.09. The maximum atomic E-state index is 10.8. The Hall–Kier alpha value is -0.990. The van der Waals surface area contributed by atoms with Crippen molar-refractivity contribution in [3.63, 3.8) is 0 Å². The lowest BCUT2D eigenvalue weighted by Gasteiger charge is -2.14. The van der Waals surface area contributed by atoms with Gasteiger partial charge in [-0.05, 0) is 19.1 Å². The highest BCUT2D eigenvalue weighted by atomic mass is 35.5. The number of hydrogen-bond acceptors (Lipinski definition) is 2. The van der Waals surface area contributed by atoms with Crippen LogP contribution in [0, 0.1) is 0 Å². The van der Waals surface area contributed by atoms with Crippen molar-refractivity contribution in [3.05, 3.63) is 40.4 Å². The first-order valence-electron chi connectivity index (χ1n) is 4.32. The Labute approximate surface area is 98.4 Å². The average Bonchev–Trinajstić information content (AvgIpc) is 2.21. The van der Waals surface area contributed by atoms with Crippen LogP contribution < -0.4 is 4.74 Å². The molecule has 0 spiro atoms. The van der Waals surface area contributed by atoms with Gasteiger partial charge in [0.05, 0.1) is 10.6 Å². The van der Waals surface area contributed by atoms with Crippen LogP contribution in [0.5, 0.6) is 5.75 Å². The van der Waals surface area contributed by atoms with Crippen molar-refractivity contribution in [3.8, 4) is 5.75 Å². The van der Waals surface area contributed by atoms with Crippen LogP contribution in [0.4, 0.5) is 0 Å². The molecule has 0 radical (unpaired) electrons. The molecule has 0 aliphatic heterocycles. The van der Waals surface area contributed by atoms with Crippen molar-refractivity contribution in [2.24, 2.45) is 0 Å². The van der Waals surface area contributed by atoms with Gasteiger partial charge in [0.1, 0.15) is 11.9 Å². The quantitative estimate of drug-likeness (QED) is 0.596. The number of carbonyl (C=O) groups excluding carboxylic acids is 1. The largest absolute Gasteiger partial charge is 0.484 e. The van der Waals surface area contributed by atoms with Gasteiger partial charge in [0.25, 0.3) is 0 Å². The first kappa shape index (κ1) is 12.1. The van der Waals surface area contributed by atoms with E-state index in [0.717, 1.165) is 0 Å². The summed E-state index contributed by atoms with van der Waals surface area (Å²) in [7, 11) is 0. The molecule has 80 valence electrons. The summed E-state index contributed by atoms with van der Waals surface area (Å²) in [5.74, 6) is 0.337. The van der Waals surface area contributed by atoms with Crippen LogP contribution in [-0.2, 0) is 0 Å². The van der Waals surface area contributed by atoms with Crippen LogP contribution in [0.15, 0.2) is 24.8 Å². The fourth-order valence-electron chi connectivity index (χ4n) is 1.03. The van der Waals surface area contributed by atoms with Crippen molar-refractivity contribution >= 4 is 29.5 Å². The molecule has 15 heavy (non-hydrogen) atoms. The van der Waals surface area contributed by atoms with Gasteiger partial charge in [-0.1, -0.05) is 35.9 Å². The fraction of sp³-hybridized carbons (Fsp3) is 0.182. The topological polar surface area (TPSA) is 26.3 Å². The maximum absolute atomic E-state index is 10.8. The maximum Gasteiger partial charge on any atom is 0.153 e. The molecule has 1 atom stereocenters. The van der Waals surface area contributed by atoms with Crippen molar-refractivity contribution in [2.75, 3.05) is 0 Å². The third-order valence-corrected chi connectivity index (χ3v) is 2.30. The van der Waals surface area contributed by atoms with E-state index in [4.69, 9.17) is 27.9 Å². The Morgan fingerprint density at radius 3 is 2.67 bits per heavy atom. The smallest absolute Gasteiger partial charge is 0.153 e. The van der Waals surface area contributed by atoms with Gasteiger partial charge in [0.2, 0.25) is 0 Å². The molecule has 4 heteroatoms. The first-order valence-corrected chi connectivity index (χ1v) is 5.07. The second-order valence-electron chi connectivity index (χ2n) is 2.98. The molecule has 1 unspecified atom stereocenters. The lowest BCUT2D eigenvalue weighted by molar-refractivity contribution is 0.111. The van der Waals surface area contributed by atoms with E-state index < -0.39 is 0 Å². The number of halogens is 2. The molecule has 2 nitrogen and oxygen atoms in total. The van der Waals surface area contributed by atoms with Gasteiger partial charge in [-0.2, -0.15) is 0 Å². The Balaban J connectivity index is 3.14. The zero-order chi connectivity index (χ0) is 11.4. The summed E-state index contributed by atoms with van der Waals surface area (Å²) in [5, 5.41) is 0.721. The molecule has 1 rings (SSSR count). The van der Waals surface area contributed by atoms with Crippen LogP contribution in [0.1, 0.15) is 17.3 Å². The summed E-state index contributed by atoms with van der Waals surface area (Å²) in [6.07, 6.45) is 2.05. The molecule has 0 aliphatic carbocycles. The number of benzene rings is 1. The highest BCUT2D eigenvalue weighted by Gasteiger charge is 2.11. The van der Waals surface area contributed by atoms with Gasteiger partial charge >= 0.3 is 0 Å². The molecule has 0 aliphatic rings. The highest BCUT2D eigenvalue weighted by molar-refractivity contribution is 6.36. The molecule has 0 fully saturated rings. The number of carbonyl (C=O) groups is 1. The first-order chi connectivity index (χ1) is 7.08. The van der Waals surface area contributed by atoms with Gasteiger partial charge in [-0.15, -0.1) is 0 Å². The summed E-state index contributed by atoms with van der Waals surface area (Å²) in [4.78, 5) is 10.8. The molecule has 0 aromatic heterocycles. The van der Waals surface area contributed by atoms with E-state index in [0.29, 0.717) is 27.6 Å². The fourth-order valence-corrected chi connectivity index (χ4v) is 1.58. The molecule has 1 aromatic rings. The third-order valence-electron chi connectivity index (χ3n) is 1.80. The molecule has 0 saturated heterocycles. The minimum absolute atomic E-state index is 0.220. The molecule has 0 bridgehead atoms. The lowest BCUT2D eigenvalue weighted by atomic mass is 10.2. The monoisotopic (exact) mass is 244 g/mol. The van der Waals surface area contributed by atoms with E-state index in [1.807, 2.05) is 0 Å². The van der Waals surface area contributed by atoms with Crippen molar-refractivity contribution in [1.29, 1.82) is 0 Å². The van der Waals surface area contributed by atoms with Crippen LogP contribution in [0.3, 0.4) is 0 Å². The van der Waals surface area contributed by atoms with Gasteiger partial charge in [0.15, 0.2) is 6.29 Å². The van der Waals surface area contributed by atoms with Crippen molar-refractivity contribution in [2.45, 2.75) is 13.0 Å². The van der Waals surface area contributed by atoms with Gasteiger partial charge < -0.3 is 4.74 Å². The molecular weight excluding hydrogens is 235 g/mol. The van der Waals surface area contributed by atoms with E-state index in [-0.39, 0.29) is 6.10 Å². The number of rotatable bonds is 4.